The molecule has 1 atom stereocenters. The Hall–Kier alpha value is -1.87. The summed E-state index contributed by atoms with van der Waals surface area (Å²) in [6.45, 7) is 7.02. The number of rotatable bonds is 3. The maximum atomic E-state index is 12.7. The van der Waals surface area contributed by atoms with Crippen molar-refractivity contribution in [2.75, 3.05) is 5.75 Å². The van der Waals surface area contributed by atoms with Crippen molar-refractivity contribution < 1.29 is 13.7 Å². The molecule has 1 unspecified atom stereocenters. The lowest BCUT2D eigenvalue weighted by atomic mass is 10.2. The number of amides is 1. The molecule has 0 spiro atoms. The molecular weight excluding hydrogens is 288 g/mol. The molecule has 6 heteroatoms. The summed E-state index contributed by atoms with van der Waals surface area (Å²) >= 11 is 0. The molecule has 0 bridgehead atoms. The summed E-state index contributed by atoms with van der Waals surface area (Å²) in [4.78, 5) is 11.7. The van der Waals surface area contributed by atoms with Crippen molar-refractivity contribution >= 4 is 15.8 Å². The molecular formula is C15H20N2O3S. The van der Waals surface area contributed by atoms with Crippen LogP contribution in [0.2, 0.25) is 0 Å². The number of benzene rings is 1. The minimum absolute atomic E-state index is 0.0570. The molecule has 0 aliphatic carbocycles. The molecule has 0 aliphatic heterocycles. The quantitative estimate of drug-likeness (QED) is 0.857. The highest BCUT2D eigenvalue weighted by molar-refractivity contribution is 7.93. The SMILES string of the molecule is Cc1cccc(CS(=O)(CC#N)=NC(=O)OC(C)(C)C)c1. The Balaban J connectivity index is 3.06. The molecule has 5 nitrogen and oxygen atoms in total. The summed E-state index contributed by atoms with van der Waals surface area (Å²) in [5, 5.41) is 8.84. The minimum Gasteiger partial charge on any atom is -0.442 e. The predicted octanol–water partition coefficient (Wildman–Crippen LogP) is 3.42. The number of nitrogens with zero attached hydrogens (tertiary/aromatic N) is 2. The Morgan fingerprint density at radius 3 is 2.62 bits per heavy atom. The fourth-order valence-corrected chi connectivity index (χ4v) is 3.14. The number of hydrogen-bond acceptors (Lipinski definition) is 4. The van der Waals surface area contributed by atoms with Gasteiger partial charge in [0.05, 0.1) is 21.6 Å². The monoisotopic (exact) mass is 308 g/mol. The zero-order valence-electron chi connectivity index (χ0n) is 12.8. The van der Waals surface area contributed by atoms with Crippen molar-refractivity contribution in [2.45, 2.75) is 39.0 Å². The van der Waals surface area contributed by atoms with Gasteiger partial charge in [0.25, 0.3) is 0 Å². The summed E-state index contributed by atoms with van der Waals surface area (Å²) in [6.07, 6.45) is -0.893. The zero-order valence-corrected chi connectivity index (χ0v) is 13.6. The molecule has 0 aromatic heterocycles. The maximum absolute atomic E-state index is 12.7. The van der Waals surface area contributed by atoms with Crippen LogP contribution in [-0.2, 0) is 20.2 Å². The van der Waals surface area contributed by atoms with Gasteiger partial charge in [0.1, 0.15) is 11.4 Å². The van der Waals surface area contributed by atoms with Crippen LogP contribution in [0.3, 0.4) is 0 Å². The van der Waals surface area contributed by atoms with E-state index in [1.54, 1.807) is 26.8 Å². The third-order valence-electron chi connectivity index (χ3n) is 2.40. The highest BCUT2D eigenvalue weighted by Gasteiger charge is 2.19. The predicted molar refractivity (Wildman–Crippen MR) is 82.2 cm³/mol. The number of hydrogen-bond donors (Lipinski definition) is 0. The fraction of sp³-hybridized carbons (Fsp3) is 0.467. The Morgan fingerprint density at radius 2 is 2.10 bits per heavy atom. The Labute approximate surface area is 126 Å². The average Bonchev–Trinajstić information content (AvgIpc) is 2.25. The maximum Gasteiger partial charge on any atom is 0.442 e. The number of carbonyl (C=O) groups excluding carboxylic acids is 1. The van der Waals surface area contributed by atoms with E-state index in [-0.39, 0.29) is 11.5 Å². The van der Waals surface area contributed by atoms with Crippen LogP contribution in [0.25, 0.3) is 0 Å². The van der Waals surface area contributed by atoms with Gasteiger partial charge in [-0.25, -0.2) is 9.00 Å². The van der Waals surface area contributed by atoms with Crippen molar-refractivity contribution in [3.63, 3.8) is 0 Å². The van der Waals surface area contributed by atoms with Crippen molar-refractivity contribution in [1.29, 1.82) is 5.26 Å². The van der Waals surface area contributed by atoms with Gasteiger partial charge in [0.2, 0.25) is 0 Å². The van der Waals surface area contributed by atoms with Gasteiger partial charge in [-0.3, -0.25) is 0 Å². The average molecular weight is 308 g/mol. The summed E-state index contributed by atoms with van der Waals surface area (Å²) < 4.78 is 21.4. The van der Waals surface area contributed by atoms with Gasteiger partial charge in [-0.1, -0.05) is 29.8 Å². The molecule has 0 fully saturated rings. The number of nitriles is 1. The number of carbonyl (C=O) groups is 1. The van der Waals surface area contributed by atoms with Gasteiger partial charge >= 0.3 is 6.09 Å². The normalized spacial score (nSPS) is 13.9. The van der Waals surface area contributed by atoms with Crippen molar-refractivity contribution in [3.05, 3.63) is 35.4 Å². The summed E-state index contributed by atoms with van der Waals surface area (Å²) in [6, 6.07) is 9.25. The van der Waals surface area contributed by atoms with Gasteiger partial charge in [-0.15, -0.1) is 4.36 Å². The first kappa shape index (κ1) is 17.2. The summed E-state index contributed by atoms with van der Waals surface area (Å²) in [7, 11) is -2.99. The van der Waals surface area contributed by atoms with Crippen molar-refractivity contribution in [3.8, 4) is 6.07 Å². The highest BCUT2D eigenvalue weighted by atomic mass is 32.2. The fourth-order valence-electron chi connectivity index (χ4n) is 1.70. The van der Waals surface area contributed by atoms with E-state index in [1.165, 1.54) is 0 Å². The van der Waals surface area contributed by atoms with Crippen molar-refractivity contribution in [2.24, 2.45) is 4.36 Å². The van der Waals surface area contributed by atoms with E-state index in [0.717, 1.165) is 11.1 Å². The topological polar surface area (TPSA) is 79.5 Å². The molecule has 21 heavy (non-hydrogen) atoms. The van der Waals surface area contributed by atoms with Crippen molar-refractivity contribution in [1.82, 2.24) is 0 Å². The van der Waals surface area contributed by atoms with E-state index in [1.807, 2.05) is 31.2 Å². The molecule has 1 aromatic carbocycles. The zero-order chi connectivity index (χ0) is 16.1. The van der Waals surface area contributed by atoms with Gasteiger partial charge in [-0.05, 0) is 33.3 Å². The molecule has 0 radical (unpaired) electrons. The molecule has 1 aromatic rings. The van der Waals surface area contributed by atoms with Crippen LogP contribution in [0.5, 0.6) is 0 Å². The van der Waals surface area contributed by atoms with Crippen LogP contribution in [0.1, 0.15) is 31.9 Å². The molecule has 0 saturated carbocycles. The first-order chi connectivity index (χ1) is 9.63. The lowest BCUT2D eigenvalue weighted by Crippen LogP contribution is -2.23. The van der Waals surface area contributed by atoms with E-state index in [2.05, 4.69) is 4.36 Å². The highest BCUT2D eigenvalue weighted by Crippen LogP contribution is 2.14. The summed E-state index contributed by atoms with van der Waals surface area (Å²) in [5.41, 5.74) is 1.09. The molecule has 0 saturated heterocycles. The molecule has 0 N–H and O–H groups in total. The molecule has 114 valence electrons. The van der Waals surface area contributed by atoms with E-state index >= 15 is 0 Å². The third kappa shape index (κ3) is 6.41. The smallest absolute Gasteiger partial charge is 0.442 e. The number of ether oxygens (including phenoxy) is 1. The van der Waals surface area contributed by atoms with Crippen LogP contribution in [0.4, 0.5) is 4.79 Å². The van der Waals surface area contributed by atoms with E-state index in [0.29, 0.717) is 0 Å². The van der Waals surface area contributed by atoms with E-state index in [4.69, 9.17) is 10.00 Å². The van der Waals surface area contributed by atoms with Crippen LogP contribution < -0.4 is 0 Å². The van der Waals surface area contributed by atoms with Crippen LogP contribution in [0.15, 0.2) is 28.6 Å². The largest absolute Gasteiger partial charge is 0.442 e. The third-order valence-corrected chi connectivity index (χ3v) is 4.25. The first-order valence-corrected chi connectivity index (χ1v) is 8.37. The Morgan fingerprint density at radius 1 is 1.43 bits per heavy atom. The van der Waals surface area contributed by atoms with Gasteiger partial charge in [0, 0.05) is 0 Å². The van der Waals surface area contributed by atoms with Crippen LogP contribution >= 0.6 is 0 Å². The Kier molecular flexibility index (Phi) is 5.50. The first-order valence-electron chi connectivity index (χ1n) is 6.51. The molecule has 1 rings (SSSR count). The molecule has 0 heterocycles. The van der Waals surface area contributed by atoms with Gasteiger partial charge < -0.3 is 4.74 Å². The second-order valence-corrected chi connectivity index (χ2v) is 8.09. The van der Waals surface area contributed by atoms with Gasteiger partial charge in [0.15, 0.2) is 0 Å². The Bertz CT molecular complexity index is 675. The van der Waals surface area contributed by atoms with Gasteiger partial charge in [-0.2, -0.15) is 5.26 Å². The number of aryl methyl sites for hydroxylation is 1. The second kappa shape index (κ2) is 6.72. The lowest BCUT2D eigenvalue weighted by molar-refractivity contribution is 0.0607. The van der Waals surface area contributed by atoms with Crippen LogP contribution in [-0.4, -0.2) is 21.7 Å². The lowest BCUT2D eigenvalue weighted by Gasteiger charge is -2.17. The van der Waals surface area contributed by atoms with Crippen LogP contribution in [0, 0.1) is 18.3 Å². The van der Waals surface area contributed by atoms with E-state index < -0.39 is 21.4 Å². The standard InChI is InChI=1S/C15H20N2O3S/c1-12-6-5-7-13(10-12)11-21(19,9-8-16)17-14(18)20-15(2,3)4/h5-7,10H,9,11H2,1-4H3. The molecule has 0 aliphatic rings. The minimum atomic E-state index is -2.99. The second-order valence-electron chi connectivity index (χ2n) is 5.78. The molecule has 1 amide bonds. The summed E-state index contributed by atoms with van der Waals surface area (Å²) in [5.74, 6) is -0.248. The van der Waals surface area contributed by atoms with E-state index in [9.17, 15) is 9.00 Å².